The zero-order valence-electron chi connectivity index (χ0n) is 10.9. The van der Waals surface area contributed by atoms with Gasteiger partial charge in [-0.25, -0.2) is 4.39 Å². The molecule has 0 radical (unpaired) electrons. The van der Waals surface area contributed by atoms with Crippen LogP contribution in [0.15, 0.2) is 11.3 Å². The topological polar surface area (TPSA) is 3.24 Å². The first-order valence-electron chi connectivity index (χ1n) is 5.07. The van der Waals surface area contributed by atoms with Gasteiger partial charge in [0.25, 0.3) is 0 Å². The van der Waals surface area contributed by atoms with E-state index in [0.717, 1.165) is 0 Å². The molecule has 0 fully saturated rings. The van der Waals surface area contributed by atoms with Crippen LogP contribution in [0, 0.1) is 0 Å². The monoisotopic (exact) mass is 375 g/mol. The number of hydrogen-bond acceptors (Lipinski definition) is 1. The lowest BCUT2D eigenvalue weighted by Crippen LogP contribution is -2.59. The van der Waals surface area contributed by atoms with Gasteiger partial charge in [-0.3, -0.25) is 0 Å². The second-order valence-corrected chi connectivity index (χ2v) is 4.27. The summed E-state index contributed by atoms with van der Waals surface area (Å²) in [4.78, 5) is -0.864. The van der Waals surface area contributed by atoms with E-state index < -0.39 is 46.5 Å². The molecule has 0 aliphatic heterocycles. The van der Waals surface area contributed by atoms with Crippen molar-refractivity contribution in [2.45, 2.75) is 30.4 Å². The summed E-state index contributed by atoms with van der Waals surface area (Å²) in [6.45, 7) is 0. The molecule has 0 spiro atoms. The SMILES string of the molecule is CN(C)C(=C(C(F)(F)F)C(F)(F)F)C(F)(C(F)(F)F)C(F)(F)F. The van der Waals surface area contributed by atoms with Crippen LogP contribution in [0.3, 0.4) is 0 Å². The van der Waals surface area contributed by atoms with E-state index in [1.807, 2.05) is 0 Å². The summed E-state index contributed by atoms with van der Waals surface area (Å²) in [5, 5.41) is 0. The number of nitrogens with zero attached hydrogens (tertiary/aromatic N) is 1. The van der Waals surface area contributed by atoms with E-state index in [4.69, 9.17) is 0 Å². The molecule has 0 bridgehead atoms. The molecular formula is C9H6F13N. The Labute approximate surface area is 119 Å². The van der Waals surface area contributed by atoms with Crippen molar-refractivity contribution >= 4 is 0 Å². The van der Waals surface area contributed by atoms with Crippen molar-refractivity contribution < 1.29 is 57.1 Å². The standard InChI is InChI=1S/C9H6F13N/c1-23(2)4(3(6(11,12)13)7(14,15)16)5(10,8(17,18)19)9(20,21)22/h1-2H3. The number of rotatable bonds is 2. The van der Waals surface area contributed by atoms with Crippen LogP contribution in [0.1, 0.15) is 0 Å². The third kappa shape index (κ3) is 3.94. The molecule has 138 valence electrons. The predicted octanol–water partition coefficient (Wildman–Crippen LogP) is 4.76. The molecule has 0 aliphatic carbocycles. The highest BCUT2D eigenvalue weighted by Gasteiger charge is 2.77. The van der Waals surface area contributed by atoms with Gasteiger partial charge in [0.2, 0.25) is 0 Å². The van der Waals surface area contributed by atoms with E-state index >= 15 is 0 Å². The van der Waals surface area contributed by atoms with E-state index in [1.165, 1.54) is 0 Å². The summed E-state index contributed by atoms with van der Waals surface area (Å²) < 4.78 is 163. The van der Waals surface area contributed by atoms with Crippen LogP contribution in [0.4, 0.5) is 57.1 Å². The fourth-order valence-electron chi connectivity index (χ4n) is 1.56. The molecular weight excluding hydrogens is 369 g/mol. The van der Waals surface area contributed by atoms with Gasteiger partial charge in [-0.1, -0.05) is 0 Å². The minimum absolute atomic E-state index is 0.0153. The molecule has 0 heterocycles. The lowest BCUT2D eigenvalue weighted by molar-refractivity contribution is -0.332. The lowest BCUT2D eigenvalue weighted by Gasteiger charge is -2.37. The summed E-state index contributed by atoms with van der Waals surface area (Å²) in [6, 6.07) is 0. The summed E-state index contributed by atoms with van der Waals surface area (Å²) in [6.07, 6.45) is -27.7. The van der Waals surface area contributed by atoms with E-state index in [-0.39, 0.29) is 14.1 Å². The maximum Gasteiger partial charge on any atom is 0.437 e. The van der Waals surface area contributed by atoms with Crippen LogP contribution in [0.2, 0.25) is 0 Å². The van der Waals surface area contributed by atoms with Crippen molar-refractivity contribution in [2.75, 3.05) is 14.1 Å². The Morgan fingerprint density at radius 1 is 0.565 bits per heavy atom. The summed E-state index contributed by atoms with van der Waals surface area (Å²) >= 11 is 0. The van der Waals surface area contributed by atoms with Gasteiger partial charge in [0.15, 0.2) is 5.57 Å². The molecule has 0 aromatic carbocycles. The van der Waals surface area contributed by atoms with Crippen molar-refractivity contribution in [3.8, 4) is 0 Å². The molecule has 0 amide bonds. The average Bonchev–Trinajstić information content (AvgIpc) is 2.16. The summed E-state index contributed by atoms with van der Waals surface area (Å²) in [5.41, 5.74) is -14.8. The van der Waals surface area contributed by atoms with Gasteiger partial charge in [-0.05, 0) is 0 Å². The highest BCUT2D eigenvalue weighted by atomic mass is 19.4. The number of hydrogen-bond donors (Lipinski definition) is 0. The maximum atomic E-state index is 13.7. The van der Waals surface area contributed by atoms with Crippen LogP contribution in [-0.4, -0.2) is 49.4 Å². The minimum atomic E-state index is -7.13. The molecule has 0 saturated carbocycles. The third-order valence-electron chi connectivity index (χ3n) is 2.36. The smallest absolute Gasteiger partial charge is 0.377 e. The Balaban J connectivity index is 7.20. The first-order valence-corrected chi connectivity index (χ1v) is 5.07. The van der Waals surface area contributed by atoms with E-state index in [9.17, 15) is 57.1 Å². The first-order chi connectivity index (χ1) is 9.69. The Bertz CT molecular complexity index is 428. The molecule has 0 aliphatic rings. The second-order valence-electron chi connectivity index (χ2n) is 4.27. The Morgan fingerprint density at radius 3 is 0.957 bits per heavy atom. The molecule has 0 unspecified atom stereocenters. The average molecular weight is 375 g/mol. The van der Waals surface area contributed by atoms with E-state index in [0.29, 0.717) is 0 Å². The third-order valence-corrected chi connectivity index (χ3v) is 2.36. The quantitative estimate of drug-likeness (QED) is 0.630. The van der Waals surface area contributed by atoms with E-state index in [2.05, 4.69) is 0 Å². The van der Waals surface area contributed by atoms with Crippen molar-refractivity contribution in [1.29, 1.82) is 0 Å². The zero-order chi connectivity index (χ0) is 19.2. The molecule has 23 heavy (non-hydrogen) atoms. The van der Waals surface area contributed by atoms with Crippen molar-refractivity contribution in [2.24, 2.45) is 0 Å². The fourth-order valence-corrected chi connectivity index (χ4v) is 1.56. The van der Waals surface area contributed by atoms with Gasteiger partial charge < -0.3 is 4.90 Å². The molecule has 0 N–H and O–H groups in total. The largest absolute Gasteiger partial charge is 0.437 e. The molecule has 14 heteroatoms. The van der Waals surface area contributed by atoms with Crippen LogP contribution in [0.5, 0.6) is 0 Å². The Morgan fingerprint density at radius 2 is 0.826 bits per heavy atom. The van der Waals surface area contributed by atoms with Gasteiger partial charge >= 0.3 is 30.4 Å². The van der Waals surface area contributed by atoms with E-state index in [1.54, 1.807) is 0 Å². The highest BCUT2D eigenvalue weighted by molar-refractivity contribution is 5.33. The van der Waals surface area contributed by atoms with Gasteiger partial charge in [-0.15, -0.1) is 0 Å². The maximum absolute atomic E-state index is 13.7. The van der Waals surface area contributed by atoms with Crippen LogP contribution in [-0.2, 0) is 0 Å². The van der Waals surface area contributed by atoms with Crippen molar-refractivity contribution in [3.63, 3.8) is 0 Å². The fraction of sp³-hybridized carbons (Fsp3) is 0.778. The second kappa shape index (κ2) is 5.61. The summed E-state index contributed by atoms with van der Waals surface area (Å²) in [5.74, 6) is 0. The normalized spacial score (nSPS) is 14.7. The number of halogens is 13. The van der Waals surface area contributed by atoms with Gasteiger partial charge in [0, 0.05) is 14.1 Å². The van der Waals surface area contributed by atoms with Gasteiger partial charge in [0.05, 0.1) is 5.70 Å². The first kappa shape index (κ1) is 21.6. The lowest BCUT2D eigenvalue weighted by atomic mass is 9.94. The highest BCUT2D eigenvalue weighted by Crippen LogP contribution is 2.55. The number of alkyl halides is 13. The van der Waals surface area contributed by atoms with Crippen LogP contribution in [0.25, 0.3) is 0 Å². The molecule has 1 nitrogen and oxygen atoms in total. The molecule has 0 aromatic rings. The molecule has 0 saturated heterocycles. The van der Waals surface area contributed by atoms with Gasteiger partial charge in [-0.2, -0.15) is 52.7 Å². The minimum Gasteiger partial charge on any atom is -0.377 e. The zero-order valence-corrected chi connectivity index (χ0v) is 10.9. The Hall–Kier alpha value is -1.37. The van der Waals surface area contributed by atoms with Gasteiger partial charge in [0.1, 0.15) is 0 Å². The molecule has 0 atom stereocenters. The Kier molecular flexibility index (Phi) is 5.28. The van der Waals surface area contributed by atoms with Crippen molar-refractivity contribution in [1.82, 2.24) is 4.90 Å². The summed E-state index contributed by atoms with van der Waals surface area (Å²) in [7, 11) is -0.0305. The van der Waals surface area contributed by atoms with Crippen LogP contribution < -0.4 is 0 Å². The predicted molar refractivity (Wildman–Crippen MR) is 48.8 cm³/mol. The van der Waals surface area contributed by atoms with Crippen LogP contribution >= 0.6 is 0 Å². The molecule has 0 aromatic heterocycles. The molecule has 0 rings (SSSR count). The number of allylic oxidation sites excluding steroid dienone is 2. The van der Waals surface area contributed by atoms with Crippen molar-refractivity contribution in [3.05, 3.63) is 11.3 Å².